The Kier molecular flexibility index (Phi) is 4.22. The van der Waals surface area contributed by atoms with Gasteiger partial charge < -0.3 is 14.0 Å². The number of nitrogens with zero attached hydrogens (tertiary/aromatic N) is 2. The molecule has 0 saturated carbocycles. The van der Waals surface area contributed by atoms with Crippen LogP contribution in [0.3, 0.4) is 0 Å². The summed E-state index contributed by atoms with van der Waals surface area (Å²) in [7, 11) is 1.67. The van der Waals surface area contributed by atoms with Crippen molar-refractivity contribution in [1.29, 1.82) is 0 Å². The number of hydrogen-bond donors (Lipinski definition) is 0. The van der Waals surface area contributed by atoms with Crippen molar-refractivity contribution in [3.05, 3.63) is 47.8 Å². The molecule has 138 valence electrons. The number of carbonyl (C=O) groups is 1. The monoisotopic (exact) mass is 362 g/mol. The molecule has 27 heavy (non-hydrogen) atoms. The van der Waals surface area contributed by atoms with Gasteiger partial charge in [0, 0.05) is 34.4 Å². The maximum Gasteiger partial charge on any atom is 0.357 e. The van der Waals surface area contributed by atoms with Crippen LogP contribution < -0.4 is 4.74 Å². The minimum atomic E-state index is -0.390. The van der Waals surface area contributed by atoms with Gasteiger partial charge >= 0.3 is 5.97 Å². The highest BCUT2D eigenvalue weighted by Gasteiger charge is 2.19. The van der Waals surface area contributed by atoms with Crippen LogP contribution in [-0.2, 0) is 11.3 Å². The van der Waals surface area contributed by atoms with Crippen LogP contribution in [0.5, 0.6) is 5.75 Å². The van der Waals surface area contributed by atoms with Gasteiger partial charge in [-0.05, 0) is 62.1 Å². The van der Waals surface area contributed by atoms with E-state index in [2.05, 4.69) is 41.6 Å². The second kappa shape index (κ2) is 6.58. The number of aromatic nitrogens is 2. The lowest BCUT2D eigenvalue weighted by atomic mass is 10.00. The standard InChI is InChI=1S/C22H22N2O3/c1-5-24-19-8-7-14(26-4)11-16(19)18-12-17-15(13(3)21(18)24)9-10-23-20(17)22(25)27-6-2/h7-12H,5-6H2,1-4H3. The van der Waals surface area contributed by atoms with Gasteiger partial charge in [-0.15, -0.1) is 0 Å². The second-order valence-corrected chi connectivity index (χ2v) is 6.50. The van der Waals surface area contributed by atoms with Crippen molar-refractivity contribution in [3.8, 4) is 5.75 Å². The van der Waals surface area contributed by atoms with Gasteiger partial charge in [0.2, 0.25) is 0 Å². The molecule has 0 N–H and O–H groups in total. The number of ether oxygens (including phenoxy) is 2. The minimum Gasteiger partial charge on any atom is -0.497 e. The van der Waals surface area contributed by atoms with Crippen LogP contribution in [0.25, 0.3) is 32.6 Å². The fourth-order valence-corrected chi connectivity index (χ4v) is 3.95. The summed E-state index contributed by atoms with van der Waals surface area (Å²) in [6, 6.07) is 10.1. The number of pyridine rings is 1. The zero-order chi connectivity index (χ0) is 19.1. The number of carbonyl (C=O) groups excluding carboxylic acids is 1. The summed E-state index contributed by atoms with van der Waals surface area (Å²) in [5, 5.41) is 4.04. The molecule has 2 aromatic carbocycles. The first-order valence-electron chi connectivity index (χ1n) is 9.16. The van der Waals surface area contributed by atoms with E-state index in [-0.39, 0.29) is 0 Å². The zero-order valence-electron chi connectivity index (χ0n) is 16.0. The molecule has 4 aromatic rings. The average molecular weight is 362 g/mol. The summed E-state index contributed by atoms with van der Waals surface area (Å²) in [4.78, 5) is 16.7. The maximum atomic E-state index is 12.4. The first-order valence-corrected chi connectivity index (χ1v) is 9.16. The number of rotatable bonds is 4. The van der Waals surface area contributed by atoms with Crippen molar-refractivity contribution >= 4 is 38.5 Å². The molecule has 0 bridgehead atoms. The third-order valence-corrected chi connectivity index (χ3v) is 5.13. The Morgan fingerprint density at radius 3 is 2.59 bits per heavy atom. The number of hydrogen-bond acceptors (Lipinski definition) is 4. The Labute approximate surface area is 157 Å². The molecule has 0 unspecified atom stereocenters. The number of benzene rings is 2. The molecular weight excluding hydrogens is 340 g/mol. The van der Waals surface area contributed by atoms with Crippen molar-refractivity contribution in [1.82, 2.24) is 9.55 Å². The third-order valence-electron chi connectivity index (χ3n) is 5.13. The molecule has 2 heterocycles. The SMILES string of the molecule is CCOC(=O)c1nccc2c(C)c3c(cc12)c1cc(OC)ccc1n3CC. The largest absolute Gasteiger partial charge is 0.497 e. The molecule has 0 radical (unpaired) electrons. The maximum absolute atomic E-state index is 12.4. The van der Waals surface area contributed by atoms with E-state index < -0.39 is 5.97 Å². The lowest BCUT2D eigenvalue weighted by Gasteiger charge is -2.11. The molecule has 0 saturated heterocycles. The predicted molar refractivity (Wildman–Crippen MR) is 108 cm³/mol. The summed E-state index contributed by atoms with van der Waals surface area (Å²) in [6.45, 7) is 7.22. The number of esters is 1. The fraction of sp³-hybridized carbons (Fsp3) is 0.273. The fourth-order valence-electron chi connectivity index (χ4n) is 3.95. The lowest BCUT2D eigenvalue weighted by Crippen LogP contribution is -2.08. The molecule has 0 fully saturated rings. The van der Waals surface area contributed by atoms with Crippen LogP contribution in [0, 0.1) is 6.92 Å². The highest BCUT2D eigenvalue weighted by Crippen LogP contribution is 2.37. The van der Waals surface area contributed by atoms with Crippen molar-refractivity contribution in [2.45, 2.75) is 27.3 Å². The normalized spacial score (nSPS) is 11.4. The molecule has 5 nitrogen and oxygen atoms in total. The average Bonchev–Trinajstić information content (AvgIpc) is 3.01. The van der Waals surface area contributed by atoms with Gasteiger partial charge in [-0.3, -0.25) is 0 Å². The highest BCUT2D eigenvalue weighted by atomic mass is 16.5. The van der Waals surface area contributed by atoms with E-state index >= 15 is 0 Å². The molecule has 0 aliphatic carbocycles. The molecule has 4 rings (SSSR count). The van der Waals surface area contributed by atoms with Crippen LogP contribution in [0.2, 0.25) is 0 Å². The van der Waals surface area contributed by atoms with E-state index in [4.69, 9.17) is 9.47 Å². The first-order chi connectivity index (χ1) is 13.1. The predicted octanol–water partition coefficient (Wildman–Crippen LogP) is 4.86. The molecule has 0 aliphatic rings. The lowest BCUT2D eigenvalue weighted by molar-refractivity contribution is 0.0522. The smallest absolute Gasteiger partial charge is 0.357 e. The summed E-state index contributed by atoms with van der Waals surface area (Å²) in [6.07, 6.45) is 1.68. The Morgan fingerprint density at radius 1 is 1.07 bits per heavy atom. The van der Waals surface area contributed by atoms with E-state index in [1.165, 1.54) is 5.52 Å². The Hall–Kier alpha value is -3.08. The summed E-state index contributed by atoms with van der Waals surface area (Å²) >= 11 is 0. The third kappa shape index (κ3) is 2.53. The van der Waals surface area contributed by atoms with Crippen molar-refractivity contribution < 1.29 is 14.3 Å². The topological polar surface area (TPSA) is 53.4 Å². The summed E-state index contributed by atoms with van der Waals surface area (Å²) in [5.41, 5.74) is 3.82. The van der Waals surface area contributed by atoms with E-state index in [9.17, 15) is 4.79 Å². The van der Waals surface area contributed by atoms with Crippen LogP contribution in [0.1, 0.15) is 29.9 Å². The van der Waals surface area contributed by atoms with Gasteiger partial charge in [0.05, 0.1) is 19.2 Å². The second-order valence-electron chi connectivity index (χ2n) is 6.50. The van der Waals surface area contributed by atoms with Gasteiger partial charge in [-0.2, -0.15) is 0 Å². The van der Waals surface area contributed by atoms with Gasteiger partial charge in [0.15, 0.2) is 5.69 Å². The summed E-state index contributed by atoms with van der Waals surface area (Å²) < 4.78 is 13.0. The molecule has 0 amide bonds. The van der Waals surface area contributed by atoms with E-state index in [0.29, 0.717) is 12.3 Å². The van der Waals surface area contributed by atoms with E-state index in [0.717, 1.165) is 44.9 Å². The molecule has 2 aromatic heterocycles. The van der Waals surface area contributed by atoms with Crippen molar-refractivity contribution in [2.24, 2.45) is 0 Å². The quantitative estimate of drug-likeness (QED) is 0.487. The Morgan fingerprint density at radius 2 is 1.89 bits per heavy atom. The molecular formula is C22H22N2O3. The molecule has 5 heteroatoms. The summed E-state index contributed by atoms with van der Waals surface area (Å²) in [5.74, 6) is 0.422. The molecule has 0 aliphatic heterocycles. The highest BCUT2D eigenvalue weighted by molar-refractivity contribution is 6.17. The van der Waals surface area contributed by atoms with Gasteiger partial charge in [0.1, 0.15) is 5.75 Å². The van der Waals surface area contributed by atoms with E-state index in [1.807, 2.05) is 12.1 Å². The van der Waals surface area contributed by atoms with E-state index in [1.54, 1.807) is 20.2 Å². The van der Waals surface area contributed by atoms with Crippen LogP contribution in [0.15, 0.2) is 36.5 Å². The number of methoxy groups -OCH3 is 1. The molecule has 0 atom stereocenters. The van der Waals surface area contributed by atoms with Crippen molar-refractivity contribution in [2.75, 3.05) is 13.7 Å². The van der Waals surface area contributed by atoms with Gasteiger partial charge in [-0.1, -0.05) is 0 Å². The Balaban J connectivity index is 2.17. The number of aryl methyl sites for hydroxylation is 2. The number of fused-ring (bicyclic) bond motifs is 4. The molecule has 0 spiro atoms. The minimum absolute atomic E-state index is 0.324. The van der Waals surface area contributed by atoms with Gasteiger partial charge in [-0.25, -0.2) is 9.78 Å². The van der Waals surface area contributed by atoms with Crippen molar-refractivity contribution in [3.63, 3.8) is 0 Å². The van der Waals surface area contributed by atoms with Crippen LogP contribution in [0.4, 0.5) is 0 Å². The van der Waals surface area contributed by atoms with Crippen LogP contribution >= 0.6 is 0 Å². The zero-order valence-corrected chi connectivity index (χ0v) is 16.0. The van der Waals surface area contributed by atoms with Crippen LogP contribution in [-0.4, -0.2) is 29.2 Å². The Bertz CT molecular complexity index is 1190. The van der Waals surface area contributed by atoms with Gasteiger partial charge in [0.25, 0.3) is 0 Å². The first kappa shape index (κ1) is 17.3.